The molecule has 2 amide bonds. The number of piperidine rings is 1. The molecule has 220 valence electrons. The summed E-state index contributed by atoms with van der Waals surface area (Å²) >= 11 is 0. The van der Waals surface area contributed by atoms with Crippen LogP contribution in [0.5, 0.6) is 0 Å². The van der Waals surface area contributed by atoms with E-state index in [0.717, 1.165) is 64.6 Å². The zero-order valence-corrected chi connectivity index (χ0v) is 24.3. The number of hydrogen-bond donors (Lipinski definition) is 4. The summed E-state index contributed by atoms with van der Waals surface area (Å²) in [7, 11) is 4.30. The number of primary amides is 1. The Morgan fingerprint density at radius 3 is 2.47 bits per heavy atom. The highest BCUT2D eigenvalue weighted by Gasteiger charge is 2.23. The van der Waals surface area contributed by atoms with E-state index in [1.54, 1.807) is 12.1 Å². The van der Waals surface area contributed by atoms with E-state index >= 15 is 0 Å². The molecule has 1 aromatic heterocycles. The molecule has 0 saturated carbocycles. The largest absolute Gasteiger partial charge is 0.371 e. The van der Waals surface area contributed by atoms with Crippen molar-refractivity contribution < 1.29 is 14.0 Å². The predicted octanol–water partition coefficient (Wildman–Crippen LogP) is 5.47. The Morgan fingerprint density at radius 1 is 1.02 bits per heavy atom. The molecule has 1 aliphatic rings. The van der Waals surface area contributed by atoms with Crippen LogP contribution in [0, 0.1) is 5.82 Å². The number of carbonyl (C=O) groups excluding carboxylic acids is 2. The van der Waals surface area contributed by atoms with Crippen LogP contribution in [0.3, 0.4) is 0 Å². The number of H-pyrrole nitrogens is 1. The van der Waals surface area contributed by atoms with E-state index in [2.05, 4.69) is 52.4 Å². The number of benzene rings is 4. The smallest absolute Gasteiger partial charge is 0.255 e. The van der Waals surface area contributed by atoms with Crippen molar-refractivity contribution >= 4 is 45.0 Å². The van der Waals surface area contributed by atoms with Gasteiger partial charge in [-0.15, -0.1) is 0 Å². The molecule has 9 heteroatoms. The summed E-state index contributed by atoms with van der Waals surface area (Å²) in [6.45, 7) is 2.30. The first kappa shape index (κ1) is 28.4. The topological polar surface area (TPSA) is 120 Å². The van der Waals surface area contributed by atoms with Gasteiger partial charge < -0.3 is 31.6 Å². The minimum atomic E-state index is -0.522. The van der Waals surface area contributed by atoms with Crippen LogP contribution >= 0.6 is 0 Å². The van der Waals surface area contributed by atoms with Gasteiger partial charge in [0.05, 0.1) is 11.1 Å². The van der Waals surface area contributed by atoms with Gasteiger partial charge in [0.15, 0.2) is 0 Å². The van der Waals surface area contributed by atoms with Crippen molar-refractivity contribution in [2.45, 2.75) is 25.4 Å². The monoisotopic (exact) mass is 578 g/mol. The maximum absolute atomic E-state index is 13.4. The first-order valence-corrected chi connectivity index (χ1v) is 14.4. The Hall–Kier alpha value is -4.73. The molecule has 0 unspecified atom stereocenters. The summed E-state index contributed by atoms with van der Waals surface area (Å²) in [5.41, 5.74) is 18.5. The van der Waals surface area contributed by atoms with Crippen molar-refractivity contribution in [1.29, 1.82) is 0 Å². The lowest BCUT2D eigenvalue weighted by Gasteiger charge is -2.36. The minimum Gasteiger partial charge on any atom is -0.371 e. The first-order chi connectivity index (χ1) is 20.7. The van der Waals surface area contributed by atoms with Gasteiger partial charge in [-0.3, -0.25) is 9.59 Å². The Kier molecular flexibility index (Phi) is 7.60. The molecule has 1 aliphatic heterocycles. The third kappa shape index (κ3) is 5.33. The van der Waals surface area contributed by atoms with Crippen molar-refractivity contribution in [3.05, 3.63) is 95.3 Å². The maximum atomic E-state index is 13.4. The molecular formula is C34H35FN6O2. The fourth-order valence-electron chi connectivity index (χ4n) is 6.21. The third-order valence-corrected chi connectivity index (χ3v) is 8.67. The summed E-state index contributed by atoms with van der Waals surface area (Å²) in [5.74, 6) is -1.30. The number of rotatable bonds is 7. The molecule has 0 radical (unpaired) electrons. The number of nitrogens with zero attached hydrogens (tertiary/aromatic N) is 2. The van der Waals surface area contributed by atoms with Gasteiger partial charge >= 0.3 is 0 Å². The molecule has 8 nitrogen and oxygen atoms in total. The molecule has 6 rings (SSSR count). The third-order valence-electron chi connectivity index (χ3n) is 8.67. The van der Waals surface area contributed by atoms with E-state index in [1.807, 2.05) is 18.2 Å². The lowest BCUT2D eigenvalue weighted by molar-refractivity contribution is 0.0998. The van der Waals surface area contributed by atoms with Gasteiger partial charge in [0, 0.05) is 52.9 Å². The highest BCUT2D eigenvalue weighted by atomic mass is 19.1. The number of aromatic amines is 1. The van der Waals surface area contributed by atoms with E-state index in [1.165, 1.54) is 24.3 Å². The zero-order valence-electron chi connectivity index (χ0n) is 24.3. The zero-order chi connectivity index (χ0) is 30.2. The van der Waals surface area contributed by atoms with Crippen LogP contribution in [0.2, 0.25) is 0 Å². The average molecular weight is 579 g/mol. The van der Waals surface area contributed by atoms with Crippen molar-refractivity contribution in [3.63, 3.8) is 0 Å². The Labute approximate surface area is 249 Å². The first-order valence-electron chi connectivity index (χ1n) is 14.4. The maximum Gasteiger partial charge on any atom is 0.255 e. The Bertz CT molecular complexity index is 1840. The van der Waals surface area contributed by atoms with Gasteiger partial charge in [0.1, 0.15) is 5.82 Å². The molecule has 2 heterocycles. The highest BCUT2D eigenvalue weighted by Crippen LogP contribution is 2.40. The number of hydrogen-bond acceptors (Lipinski definition) is 5. The van der Waals surface area contributed by atoms with Gasteiger partial charge in [-0.25, -0.2) is 4.39 Å². The van der Waals surface area contributed by atoms with E-state index in [-0.39, 0.29) is 12.5 Å². The van der Waals surface area contributed by atoms with Crippen LogP contribution in [0.4, 0.5) is 15.8 Å². The van der Waals surface area contributed by atoms with Crippen LogP contribution < -0.4 is 21.7 Å². The molecule has 1 saturated heterocycles. The van der Waals surface area contributed by atoms with Crippen LogP contribution in [0.25, 0.3) is 32.9 Å². The molecule has 43 heavy (non-hydrogen) atoms. The van der Waals surface area contributed by atoms with Gasteiger partial charge in [-0.05, 0) is 98.2 Å². The number of fused-ring (bicyclic) bond motifs is 3. The van der Waals surface area contributed by atoms with Crippen molar-refractivity contribution in [2.75, 3.05) is 37.4 Å². The van der Waals surface area contributed by atoms with E-state index in [9.17, 15) is 14.0 Å². The average Bonchev–Trinajstić information content (AvgIpc) is 3.39. The fraction of sp³-hybridized carbons (Fsp3) is 0.235. The second-order valence-corrected chi connectivity index (χ2v) is 11.3. The quantitative estimate of drug-likeness (QED) is 0.204. The van der Waals surface area contributed by atoms with Gasteiger partial charge in [-0.1, -0.05) is 24.3 Å². The summed E-state index contributed by atoms with van der Waals surface area (Å²) in [5, 5.41) is 4.75. The summed E-state index contributed by atoms with van der Waals surface area (Å²) < 4.78 is 13.4. The number of halogens is 1. The second kappa shape index (κ2) is 11.5. The SMILES string of the molecule is CN1CCC(N(C)c2ccc3c(c2)[nH]c2c(C(N)=O)ccc(-c4cccc(NC(=O)c5ccc(F)cc5)c4CN)c23)CC1. The van der Waals surface area contributed by atoms with Crippen LogP contribution in [0.1, 0.15) is 39.1 Å². The normalized spacial score (nSPS) is 14.3. The summed E-state index contributed by atoms with van der Waals surface area (Å²) in [4.78, 5) is 33.7. The number of nitrogens with two attached hydrogens (primary N) is 2. The molecule has 0 aliphatic carbocycles. The van der Waals surface area contributed by atoms with Crippen molar-refractivity contribution in [3.8, 4) is 11.1 Å². The Morgan fingerprint density at radius 2 is 1.77 bits per heavy atom. The molecule has 5 aromatic rings. The molecule has 0 spiro atoms. The summed E-state index contributed by atoms with van der Waals surface area (Å²) in [6, 6.07) is 21.4. The van der Waals surface area contributed by atoms with Gasteiger partial charge in [-0.2, -0.15) is 0 Å². The van der Waals surface area contributed by atoms with E-state index < -0.39 is 11.7 Å². The lowest BCUT2D eigenvalue weighted by atomic mass is 9.92. The number of nitrogens with one attached hydrogen (secondary N) is 2. The number of amides is 2. The second-order valence-electron chi connectivity index (χ2n) is 11.3. The van der Waals surface area contributed by atoms with Gasteiger partial charge in [0.25, 0.3) is 11.8 Å². The lowest BCUT2D eigenvalue weighted by Crippen LogP contribution is -2.41. The highest BCUT2D eigenvalue weighted by molar-refractivity contribution is 6.20. The van der Waals surface area contributed by atoms with Crippen LogP contribution in [0.15, 0.2) is 72.8 Å². The number of carbonyl (C=O) groups is 2. The van der Waals surface area contributed by atoms with Crippen molar-refractivity contribution in [1.82, 2.24) is 9.88 Å². The van der Waals surface area contributed by atoms with Gasteiger partial charge in [0.2, 0.25) is 0 Å². The van der Waals surface area contributed by atoms with E-state index in [0.29, 0.717) is 28.4 Å². The fourth-order valence-corrected chi connectivity index (χ4v) is 6.21. The van der Waals surface area contributed by atoms with Crippen LogP contribution in [-0.4, -0.2) is 54.9 Å². The molecule has 1 fully saturated rings. The number of aromatic nitrogens is 1. The van der Waals surface area contributed by atoms with E-state index in [4.69, 9.17) is 11.5 Å². The van der Waals surface area contributed by atoms with Crippen LogP contribution in [-0.2, 0) is 6.54 Å². The molecule has 4 aromatic carbocycles. The number of anilines is 2. The molecule has 0 bridgehead atoms. The number of likely N-dealkylation sites (tertiary alicyclic amines) is 1. The standard InChI is InChI=1S/C34H35FN6O2/c1-40-16-14-22(15-17-40)41(2)23-10-11-26-30(18-23)38-32-27(33(37)42)13-12-25(31(26)32)24-4-3-5-29(28(24)19-36)39-34(43)20-6-8-21(35)9-7-20/h3-13,18,22,38H,14-17,19,36H2,1-2H3,(H2,37,42)(H,39,43). The predicted molar refractivity (Wildman–Crippen MR) is 171 cm³/mol. The molecule has 6 N–H and O–H groups in total. The molecular weight excluding hydrogens is 543 g/mol. The summed E-state index contributed by atoms with van der Waals surface area (Å²) in [6.07, 6.45) is 2.20. The Balaban J connectivity index is 1.45. The molecule has 0 atom stereocenters. The van der Waals surface area contributed by atoms with Crippen molar-refractivity contribution in [2.24, 2.45) is 11.5 Å². The minimum absolute atomic E-state index is 0.155.